The molecule has 2 atom stereocenters. The van der Waals surface area contributed by atoms with Gasteiger partial charge >= 0.3 is 21.1 Å². The normalized spacial score (nSPS) is 16.2. The molecule has 0 saturated carbocycles. The summed E-state index contributed by atoms with van der Waals surface area (Å²) in [7, 11) is 0. The van der Waals surface area contributed by atoms with E-state index in [2.05, 4.69) is 137 Å². The summed E-state index contributed by atoms with van der Waals surface area (Å²) in [5.41, 5.74) is 10.7. The van der Waals surface area contributed by atoms with Gasteiger partial charge < -0.3 is 9.30 Å². The van der Waals surface area contributed by atoms with Gasteiger partial charge in [0.25, 0.3) is 0 Å². The first-order chi connectivity index (χ1) is 24.1. The molecule has 266 valence electrons. The number of ether oxygens (including phenoxy) is 1. The number of hydrogen-bond acceptors (Lipinski definition) is 3. The Morgan fingerprint density at radius 2 is 1.69 bits per heavy atom. The van der Waals surface area contributed by atoms with E-state index in [4.69, 9.17) is 14.8 Å². The molecule has 1 aliphatic carbocycles. The predicted molar refractivity (Wildman–Crippen MR) is 206 cm³/mol. The van der Waals surface area contributed by atoms with Crippen LogP contribution in [0.15, 0.2) is 78.5 Å². The number of nitrogens with zero attached hydrogens (tertiary/aromatic N) is 4. The fourth-order valence-electron chi connectivity index (χ4n) is 7.86. The van der Waals surface area contributed by atoms with Gasteiger partial charge in [-0.3, -0.25) is 4.68 Å². The minimum Gasteiger partial charge on any atom is -0.509 e. The number of aromatic nitrogens is 4. The maximum absolute atomic E-state index is 6.70. The van der Waals surface area contributed by atoms with Crippen LogP contribution in [0, 0.1) is 25.0 Å². The van der Waals surface area contributed by atoms with Crippen LogP contribution in [0.5, 0.6) is 11.5 Å². The Bertz CT molecular complexity index is 2200. The molecular formula is C45H50N4OPt. The van der Waals surface area contributed by atoms with Crippen molar-refractivity contribution in [1.82, 2.24) is 19.3 Å². The third-order valence-electron chi connectivity index (χ3n) is 10.6. The minimum absolute atomic E-state index is 0. The maximum atomic E-state index is 6.70. The van der Waals surface area contributed by atoms with Crippen molar-refractivity contribution in [3.05, 3.63) is 119 Å². The largest absolute Gasteiger partial charge is 2.00 e. The molecule has 0 aliphatic heterocycles. The summed E-state index contributed by atoms with van der Waals surface area (Å²) < 4.78 is 11.1. The molecule has 0 spiro atoms. The van der Waals surface area contributed by atoms with Crippen molar-refractivity contribution in [3.8, 4) is 23.0 Å². The summed E-state index contributed by atoms with van der Waals surface area (Å²) in [6, 6.07) is 28.6. The standard InChI is InChI=1S/C45H50N4O.Pt/c1-9-10-17-41-45(44-30(6)14-13-15-31(44)7)32(8)47-49(41)35-23-34(29(4)5)24-37(26-35)50-36-19-20-39-38-16-11-12-18-40(38)48(42(39)27-36)43-25-33(28(2)3)21-22-46-43;/h11-12,14,16,18-25,28-29,31,44H,9-10,13,15,17H2,1-8H3;/q-2;+2/t31-,44?;/m0./s1. The van der Waals surface area contributed by atoms with Gasteiger partial charge in [0.15, 0.2) is 0 Å². The van der Waals surface area contributed by atoms with E-state index >= 15 is 0 Å². The molecule has 0 saturated heterocycles. The van der Waals surface area contributed by atoms with Gasteiger partial charge in [0.2, 0.25) is 0 Å². The molecule has 1 unspecified atom stereocenters. The molecule has 3 aromatic carbocycles. The van der Waals surface area contributed by atoms with Crippen LogP contribution in [0.4, 0.5) is 0 Å². The zero-order valence-corrected chi connectivity index (χ0v) is 33.6. The van der Waals surface area contributed by atoms with Gasteiger partial charge in [-0.2, -0.15) is 11.2 Å². The van der Waals surface area contributed by atoms with Gasteiger partial charge in [0, 0.05) is 40.4 Å². The summed E-state index contributed by atoms with van der Waals surface area (Å²) in [6.07, 6.45) is 9.96. The molecule has 0 fully saturated rings. The molecule has 3 aromatic heterocycles. The second kappa shape index (κ2) is 15.3. The summed E-state index contributed by atoms with van der Waals surface area (Å²) in [5, 5.41) is 7.52. The van der Waals surface area contributed by atoms with Gasteiger partial charge in [-0.15, -0.1) is 41.3 Å². The summed E-state index contributed by atoms with van der Waals surface area (Å²) in [6.45, 7) is 18.1. The minimum atomic E-state index is 0. The van der Waals surface area contributed by atoms with Crippen molar-refractivity contribution in [3.63, 3.8) is 0 Å². The van der Waals surface area contributed by atoms with E-state index in [1.54, 1.807) is 0 Å². The first-order valence-electron chi connectivity index (χ1n) is 18.6. The van der Waals surface area contributed by atoms with Crippen LogP contribution in [0.3, 0.4) is 0 Å². The number of benzene rings is 3. The van der Waals surface area contributed by atoms with Crippen LogP contribution in [-0.2, 0) is 27.5 Å². The van der Waals surface area contributed by atoms with E-state index < -0.39 is 0 Å². The number of rotatable bonds is 10. The topological polar surface area (TPSA) is 44.9 Å². The van der Waals surface area contributed by atoms with E-state index in [9.17, 15) is 0 Å². The number of hydrogen-bond donors (Lipinski definition) is 0. The Morgan fingerprint density at radius 1 is 0.902 bits per heavy atom. The maximum Gasteiger partial charge on any atom is 2.00 e. The summed E-state index contributed by atoms with van der Waals surface area (Å²) in [4.78, 5) is 4.82. The third-order valence-corrected chi connectivity index (χ3v) is 10.6. The Hall–Kier alpha value is -3.95. The van der Waals surface area contributed by atoms with E-state index in [-0.39, 0.29) is 21.1 Å². The quantitative estimate of drug-likeness (QED) is 0.102. The Balaban J connectivity index is 0.00000448. The fourth-order valence-corrected chi connectivity index (χ4v) is 7.86. The van der Waals surface area contributed by atoms with Crippen molar-refractivity contribution >= 4 is 21.8 Å². The van der Waals surface area contributed by atoms with Gasteiger partial charge in [-0.25, -0.2) is 4.98 Å². The van der Waals surface area contributed by atoms with Gasteiger partial charge in [0.1, 0.15) is 5.82 Å². The van der Waals surface area contributed by atoms with E-state index in [0.29, 0.717) is 35.2 Å². The molecule has 0 bridgehead atoms. The van der Waals surface area contributed by atoms with Crippen LogP contribution in [-0.4, -0.2) is 19.3 Å². The van der Waals surface area contributed by atoms with Crippen molar-refractivity contribution in [2.75, 3.05) is 0 Å². The number of aryl methyl sites for hydroxylation is 1. The van der Waals surface area contributed by atoms with E-state index in [0.717, 1.165) is 59.3 Å². The van der Waals surface area contributed by atoms with Crippen LogP contribution in [0.25, 0.3) is 33.3 Å². The molecule has 0 N–H and O–H groups in total. The van der Waals surface area contributed by atoms with Crippen molar-refractivity contribution in [2.24, 2.45) is 5.92 Å². The second-order valence-corrected chi connectivity index (χ2v) is 14.9. The smallest absolute Gasteiger partial charge is 0.509 e. The molecule has 3 heterocycles. The molecule has 6 heteroatoms. The van der Waals surface area contributed by atoms with Crippen LogP contribution in [0.1, 0.15) is 120 Å². The molecule has 6 aromatic rings. The summed E-state index contributed by atoms with van der Waals surface area (Å²) in [5.74, 6) is 3.89. The first kappa shape index (κ1) is 36.8. The number of para-hydroxylation sites is 1. The number of allylic oxidation sites excluding steroid dienone is 2. The SMILES string of the molecule is CCCCc1c(C2C(C)=CCC[C@@H]2C)c(C)nn1-c1[c-]c(Oc2[c-]c3c(cc2)c2ccccc2n3-c2cc(C(C)C)ccn2)cc(C(C)C)c1.[Pt+2]. The summed E-state index contributed by atoms with van der Waals surface area (Å²) >= 11 is 0. The van der Waals surface area contributed by atoms with Crippen LogP contribution >= 0.6 is 0 Å². The van der Waals surface area contributed by atoms with E-state index in [1.165, 1.54) is 39.8 Å². The van der Waals surface area contributed by atoms with Gasteiger partial charge in [-0.1, -0.05) is 83.3 Å². The number of pyridine rings is 1. The monoisotopic (exact) mass is 857 g/mol. The molecular weight excluding hydrogens is 808 g/mol. The van der Waals surface area contributed by atoms with Crippen LogP contribution < -0.4 is 4.74 Å². The molecule has 7 rings (SSSR count). The number of fused-ring (bicyclic) bond motifs is 3. The Kier molecular flexibility index (Phi) is 11.1. The third kappa shape index (κ3) is 7.12. The van der Waals surface area contributed by atoms with Crippen molar-refractivity contribution in [1.29, 1.82) is 0 Å². The molecule has 0 radical (unpaired) electrons. The van der Waals surface area contributed by atoms with Gasteiger partial charge in [0.05, 0.1) is 5.69 Å². The molecule has 51 heavy (non-hydrogen) atoms. The Morgan fingerprint density at radius 3 is 2.43 bits per heavy atom. The first-order valence-corrected chi connectivity index (χ1v) is 18.6. The average molecular weight is 858 g/mol. The van der Waals surface area contributed by atoms with E-state index in [1.807, 2.05) is 12.3 Å². The Labute approximate surface area is 318 Å². The number of unbranched alkanes of at least 4 members (excludes halogenated alkanes) is 1. The van der Waals surface area contributed by atoms with Crippen LogP contribution in [0.2, 0.25) is 0 Å². The van der Waals surface area contributed by atoms with Gasteiger partial charge in [-0.05, 0) is 92.1 Å². The zero-order valence-electron chi connectivity index (χ0n) is 31.3. The molecule has 1 aliphatic rings. The predicted octanol–water partition coefficient (Wildman–Crippen LogP) is 12.1. The van der Waals surface area contributed by atoms with Crippen molar-refractivity contribution < 1.29 is 25.8 Å². The fraction of sp³-hybridized carbons (Fsp3) is 0.378. The second-order valence-electron chi connectivity index (χ2n) is 14.9. The molecule has 0 amide bonds. The molecule has 5 nitrogen and oxygen atoms in total. The van der Waals surface area contributed by atoms with Crippen molar-refractivity contribution in [2.45, 2.75) is 105 Å². The average Bonchev–Trinajstić information content (AvgIpc) is 3.61. The zero-order chi connectivity index (χ0) is 35.1.